The molecule has 3 aliphatic rings. The van der Waals surface area contributed by atoms with Crippen molar-refractivity contribution in [3.05, 3.63) is 0 Å². The van der Waals surface area contributed by atoms with Crippen molar-refractivity contribution in [3.63, 3.8) is 0 Å². The molecule has 0 radical (unpaired) electrons. The molecule has 4 atom stereocenters. The third-order valence-corrected chi connectivity index (χ3v) is 6.16. The summed E-state index contributed by atoms with van der Waals surface area (Å²) >= 11 is 0. The van der Waals surface area contributed by atoms with Crippen molar-refractivity contribution >= 4 is 0 Å². The van der Waals surface area contributed by atoms with Gasteiger partial charge >= 0.3 is 0 Å². The molecule has 1 spiro atoms. The fourth-order valence-electron chi connectivity index (χ4n) is 4.88. The van der Waals surface area contributed by atoms with E-state index in [1.165, 1.54) is 19.4 Å². The number of hydrogen-bond donors (Lipinski definition) is 0. The van der Waals surface area contributed by atoms with Crippen LogP contribution < -0.4 is 0 Å². The Morgan fingerprint density at radius 3 is 2.27 bits per heavy atom. The summed E-state index contributed by atoms with van der Waals surface area (Å²) in [5, 5.41) is 0. The van der Waals surface area contributed by atoms with E-state index in [0.29, 0.717) is 16.2 Å². The number of ether oxygens (including phenoxy) is 1. The first-order chi connectivity index (χ1) is 6.83. The highest BCUT2D eigenvalue weighted by atomic mass is 16.5. The van der Waals surface area contributed by atoms with Gasteiger partial charge in [0, 0.05) is 10.8 Å². The van der Waals surface area contributed by atoms with Crippen LogP contribution in [0.5, 0.6) is 0 Å². The molecule has 0 aromatic heterocycles. The van der Waals surface area contributed by atoms with Gasteiger partial charge in [0.05, 0.1) is 12.2 Å². The van der Waals surface area contributed by atoms with Crippen LogP contribution in [0, 0.1) is 16.2 Å². The van der Waals surface area contributed by atoms with E-state index in [2.05, 4.69) is 39.8 Å². The molecule has 2 saturated carbocycles. The second-order valence-electron chi connectivity index (χ2n) is 6.82. The van der Waals surface area contributed by atoms with E-state index in [1.807, 2.05) is 0 Å². The molecule has 2 heteroatoms. The largest absolute Gasteiger partial charge is 0.374 e. The smallest absolute Gasteiger partial charge is 0.0730 e. The highest BCUT2D eigenvalue weighted by Crippen LogP contribution is 2.98. The minimum atomic E-state index is 0.239. The molecule has 4 unspecified atom stereocenters. The summed E-state index contributed by atoms with van der Waals surface area (Å²) in [5.41, 5.74) is 1.80. The predicted octanol–water partition coefficient (Wildman–Crippen LogP) is 2.14. The molecule has 0 N–H and O–H groups in total. The summed E-state index contributed by atoms with van der Waals surface area (Å²) in [5.74, 6) is 0. The van der Waals surface area contributed by atoms with Crippen molar-refractivity contribution in [1.82, 2.24) is 4.90 Å². The van der Waals surface area contributed by atoms with E-state index in [0.717, 1.165) is 6.61 Å². The Kier molecular flexibility index (Phi) is 1.54. The summed E-state index contributed by atoms with van der Waals surface area (Å²) in [7, 11) is 4.34. The van der Waals surface area contributed by atoms with Crippen LogP contribution in [-0.2, 0) is 4.74 Å². The quantitative estimate of drug-likeness (QED) is 0.706. The van der Waals surface area contributed by atoms with Gasteiger partial charge in [-0.3, -0.25) is 0 Å². The minimum absolute atomic E-state index is 0.239. The minimum Gasteiger partial charge on any atom is -0.374 e. The summed E-state index contributed by atoms with van der Waals surface area (Å²) in [6, 6.07) is 0. The van der Waals surface area contributed by atoms with Gasteiger partial charge in [-0.1, -0.05) is 13.8 Å². The van der Waals surface area contributed by atoms with Crippen molar-refractivity contribution < 1.29 is 4.74 Å². The molecule has 0 amide bonds. The molecule has 1 saturated heterocycles. The first-order valence-electron chi connectivity index (χ1n) is 6.12. The Morgan fingerprint density at radius 2 is 1.87 bits per heavy atom. The lowest BCUT2D eigenvalue weighted by atomic mass is 9.92. The van der Waals surface area contributed by atoms with Crippen molar-refractivity contribution in [2.24, 2.45) is 16.2 Å². The first kappa shape index (κ1) is 10.1. The highest BCUT2D eigenvalue weighted by molar-refractivity contribution is 5.46. The molecule has 2 aliphatic carbocycles. The van der Waals surface area contributed by atoms with Gasteiger partial charge in [-0.25, -0.2) is 0 Å². The van der Waals surface area contributed by atoms with Crippen LogP contribution in [0.25, 0.3) is 0 Å². The third-order valence-electron chi connectivity index (χ3n) is 6.16. The average Bonchev–Trinajstić information content (AvgIpc) is 2.86. The van der Waals surface area contributed by atoms with Crippen LogP contribution >= 0.6 is 0 Å². The van der Waals surface area contributed by atoms with Crippen LogP contribution in [0.15, 0.2) is 0 Å². The van der Waals surface area contributed by atoms with Gasteiger partial charge in [-0.2, -0.15) is 0 Å². The molecule has 1 heterocycles. The lowest BCUT2D eigenvalue weighted by molar-refractivity contribution is 0.0222. The van der Waals surface area contributed by atoms with E-state index in [4.69, 9.17) is 4.74 Å². The first-order valence-corrected chi connectivity index (χ1v) is 6.12. The Morgan fingerprint density at radius 1 is 1.20 bits per heavy atom. The van der Waals surface area contributed by atoms with Gasteiger partial charge < -0.3 is 9.64 Å². The SMILES string of the molecule is CN(C)CCC1(C)C2(C)COC3(C)CC312. The zero-order chi connectivity index (χ0) is 11.1. The third kappa shape index (κ3) is 0.763. The fourth-order valence-corrected chi connectivity index (χ4v) is 4.88. The van der Waals surface area contributed by atoms with Gasteiger partial charge in [0.15, 0.2) is 0 Å². The second kappa shape index (κ2) is 2.28. The maximum Gasteiger partial charge on any atom is 0.0730 e. The summed E-state index contributed by atoms with van der Waals surface area (Å²) < 4.78 is 5.96. The Labute approximate surface area is 93.0 Å². The predicted molar refractivity (Wildman–Crippen MR) is 60.8 cm³/mol. The van der Waals surface area contributed by atoms with Crippen LogP contribution in [-0.4, -0.2) is 37.7 Å². The van der Waals surface area contributed by atoms with Crippen molar-refractivity contribution in [3.8, 4) is 0 Å². The summed E-state index contributed by atoms with van der Waals surface area (Å²) in [6.45, 7) is 9.46. The molecule has 3 rings (SSSR count). The number of hydrogen-bond acceptors (Lipinski definition) is 2. The van der Waals surface area contributed by atoms with Gasteiger partial charge in [0.1, 0.15) is 0 Å². The lowest BCUT2D eigenvalue weighted by Crippen LogP contribution is -2.24. The normalized spacial score (nSPS) is 60.4. The van der Waals surface area contributed by atoms with Crippen LogP contribution in [0.1, 0.15) is 33.6 Å². The van der Waals surface area contributed by atoms with Gasteiger partial charge in [-0.05, 0) is 45.8 Å². The molecule has 0 aromatic carbocycles. The second-order valence-corrected chi connectivity index (χ2v) is 6.82. The Bertz CT molecular complexity index is 328. The topological polar surface area (TPSA) is 12.5 Å². The maximum absolute atomic E-state index is 5.96. The van der Waals surface area contributed by atoms with Crippen LogP contribution in [0.3, 0.4) is 0 Å². The summed E-state index contributed by atoms with van der Waals surface area (Å²) in [4.78, 5) is 2.31. The standard InChI is InChI=1S/C13H23NO/c1-10(6-7-14(4)5)11(2)9-15-12(3)8-13(10,11)12/h6-9H2,1-5H3. The fraction of sp³-hybridized carbons (Fsp3) is 1.00. The molecule has 3 fully saturated rings. The number of nitrogens with zero attached hydrogens (tertiary/aromatic N) is 1. The van der Waals surface area contributed by atoms with E-state index < -0.39 is 0 Å². The monoisotopic (exact) mass is 209 g/mol. The Balaban J connectivity index is 1.81. The van der Waals surface area contributed by atoms with Crippen molar-refractivity contribution in [1.29, 1.82) is 0 Å². The molecule has 15 heavy (non-hydrogen) atoms. The Hall–Kier alpha value is -0.0800. The number of rotatable bonds is 3. The van der Waals surface area contributed by atoms with Crippen molar-refractivity contribution in [2.45, 2.75) is 39.2 Å². The summed E-state index contributed by atoms with van der Waals surface area (Å²) in [6.07, 6.45) is 2.63. The molecule has 86 valence electrons. The van der Waals surface area contributed by atoms with E-state index in [1.54, 1.807) is 0 Å². The van der Waals surface area contributed by atoms with E-state index >= 15 is 0 Å². The molecule has 0 bridgehead atoms. The molecule has 1 aliphatic heterocycles. The zero-order valence-electron chi connectivity index (χ0n) is 10.7. The van der Waals surface area contributed by atoms with Gasteiger partial charge in [0.25, 0.3) is 0 Å². The van der Waals surface area contributed by atoms with Gasteiger partial charge in [-0.15, -0.1) is 0 Å². The van der Waals surface area contributed by atoms with E-state index in [-0.39, 0.29) is 5.60 Å². The van der Waals surface area contributed by atoms with Crippen LogP contribution in [0.4, 0.5) is 0 Å². The highest BCUT2D eigenvalue weighted by Gasteiger charge is 2.99. The van der Waals surface area contributed by atoms with Crippen LogP contribution in [0.2, 0.25) is 0 Å². The van der Waals surface area contributed by atoms with E-state index in [9.17, 15) is 0 Å². The zero-order valence-corrected chi connectivity index (χ0v) is 10.7. The van der Waals surface area contributed by atoms with Gasteiger partial charge in [0.2, 0.25) is 0 Å². The molecule has 0 aromatic rings. The lowest BCUT2D eigenvalue weighted by Gasteiger charge is -2.23. The molecular weight excluding hydrogens is 186 g/mol. The molecular formula is C13H23NO. The maximum atomic E-state index is 5.96. The van der Waals surface area contributed by atoms with Crippen molar-refractivity contribution in [2.75, 3.05) is 27.2 Å². The molecule has 2 nitrogen and oxygen atoms in total. The average molecular weight is 209 g/mol.